The lowest BCUT2D eigenvalue weighted by Gasteiger charge is -2.59. The predicted molar refractivity (Wildman–Crippen MR) is 103 cm³/mol. The Bertz CT molecular complexity index is 690. The van der Waals surface area contributed by atoms with Gasteiger partial charge in [-0.2, -0.15) is 0 Å². The van der Waals surface area contributed by atoms with Crippen molar-refractivity contribution in [3.63, 3.8) is 0 Å². The number of halogens is 1. The molecule has 0 unspecified atom stereocenters. The van der Waals surface area contributed by atoms with Gasteiger partial charge in [-0.25, -0.2) is 0 Å². The normalized spacial score (nSPS) is 34.6. The summed E-state index contributed by atoms with van der Waals surface area (Å²) >= 11 is 6.89. The highest BCUT2D eigenvalue weighted by Gasteiger charge is 2.60. The highest BCUT2D eigenvalue weighted by atomic mass is 35.5. The van der Waals surface area contributed by atoms with Crippen LogP contribution >= 0.6 is 11.6 Å². The molecule has 2 atom stereocenters. The molecule has 1 aromatic rings. The second-order valence-corrected chi connectivity index (χ2v) is 9.17. The van der Waals surface area contributed by atoms with Gasteiger partial charge in [0.25, 0.3) is 0 Å². The molecule has 1 N–H and O–H groups in total. The van der Waals surface area contributed by atoms with E-state index >= 15 is 0 Å². The zero-order valence-corrected chi connectivity index (χ0v) is 16.4. The number of anilines is 1. The topological polar surface area (TPSA) is 47.6 Å². The third-order valence-electron chi connectivity index (χ3n) is 6.28. The molecule has 0 saturated heterocycles. The van der Waals surface area contributed by atoms with Crippen molar-refractivity contribution in [3.8, 4) is 11.5 Å². The number of ether oxygens (including phenoxy) is 2. The monoisotopic (exact) mass is 377 g/mol. The van der Waals surface area contributed by atoms with Crippen molar-refractivity contribution in [2.75, 3.05) is 18.5 Å². The summed E-state index contributed by atoms with van der Waals surface area (Å²) in [7, 11) is 0. The first-order chi connectivity index (χ1) is 12.5. The van der Waals surface area contributed by atoms with Gasteiger partial charge < -0.3 is 14.8 Å². The van der Waals surface area contributed by atoms with E-state index in [2.05, 4.69) is 5.32 Å². The Morgan fingerprint density at radius 2 is 1.85 bits per heavy atom. The number of nitrogens with one attached hydrogen (secondary N) is 1. The Morgan fingerprint density at radius 3 is 2.46 bits per heavy atom. The fraction of sp³-hybridized carbons (Fsp3) is 0.667. The molecule has 4 bridgehead atoms. The quantitative estimate of drug-likeness (QED) is 0.709. The number of alkyl halides is 1. The first-order valence-corrected chi connectivity index (χ1v) is 10.2. The molecule has 0 aromatic heterocycles. The smallest absolute Gasteiger partial charge is 0.230 e. The summed E-state index contributed by atoms with van der Waals surface area (Å²) in [5.74, 6) is 2.73. The molecule has 4 aliphatic carbocycles. The summed E-state index contributed by atoms with van der Waals surface area (Å²) in [5.41, 5.74) is 0.374. The van der Waals surface area contributed by atoms with E-state index in [1.807, 2.05) is 32.0 Å². The predicted octanol–water partition coefficient (Wildman–Crippen LogP) is 5.00. The second-order valence-electron chi connectivity index (χ2n) is 8.37. The van der Waals surface area contributed by atoms with E-state index in [9.17, 15) is 4.79 Å². The van der Waals surface area contributed by atoms with E-state index in [0.29, 0.717) is 36.5 Å². The van der Waals surface area contributed by atoms with Crippen molar-refractivity contribution in [1.82, 2.24) is 0 Å². The standard InChI is InChI=1S/C21H28ClNO3/c1-3-25-16-5-6-18(26-4-2)17(8-16)23-19(24)20-9-14-7-15(10-20)12-21(22,11-14)13-20/h5-6,8,14-15H,3-4,7,9-13H2,1-2H3,(H,23,24)/t14-,15-,20?,21?/m1/s1. The fourth-order valence-corrected chi connectivity index (χ4v) is 6.51. The number of hydrogen-bond donors (Lipinski definition) is 1. The van der Waals surface area contributed by atoms with Gasteiger partial charge in [0.2, 0.25) is 5.91 Å². The highest BCUT2D eigenvalue weighted by molar-refractivity contribution is 6.24. The minimum Gasteiger partial charge on any atom is -0.494 e. The second kappa shape index (κ2) is 6.63. The van der Waals surface area contributed by atoms with Crippen LogP contribution in [0.1, 0.15) is 52.4 Å². The molecular formula is C21H28ClNO3. The Balaban J connectivity index is 1.59. The van der Waals surface area contributed by atoms with Crippen LogP contribution in [0.15, 0.2) is 18.2 Å². The minimum absolute atomic E-state index is 0.103. The van der Waals surface area contributed by atoms with Gasteiger partial charge in [-0.15, -0.1) is 11.6 Å². The number of carbonyl (C=O) groups excluding carboxylic acids is 1. The molecule has 4 fully saturated rings. The van der Waals surface area contributed by atoms with E-state index in [1.165, 1.54) is 6.42 Å². The minimum atomic E-state index is -0.322. The Labute approximate surface area is 160 Å². The van der Waals surface area contributed by atoms with Crippen LogP contribution in [0.4, 0.5) is 5.69 Å². The van der Waals surface area contributed by atoms with Gasteiger partial charge in [-0.1, -0.05) is 0 Å². The van der Waals surface area contributed by atoms with E-state index in [-0.39, 0.29) is 16.2 Å². The third kappa shape index (κ3) is 3.17. The Kier molecular flexibility index (Phi) is 4.58. The van der Waals surface area contributed by atoms with Crippen molar-refractivity contribution in [2.45, 2.75) is 57.2 Å². The maximum atomic E-state index is 13.4. The molecule has 0 radical (unpaired) electrons. The lowest BCUT2D eigenvalue weighted by Crippen LogP contribution is -2.57. The van der Waals surface area contributed by atoms with Crippen LogP contribution in [0, 0.1) is 17.3 Å². The molecule has 0 aliphatic heterocycles. The van der Waals surface area contributed by atoms with E-state index in [4.69, 9.17) is 21.1 Å². The number of hydrogen-bond acceptors (Lipinski definition) is 3. The van der Waals surface area contributed by atoms with E-state index < -0.39 is 0 Å². The van der Waals surface area contributed by atoms with Gasteiger partial charge in [-0.05, 0) is 76.3 Å². The van der Waals surface area contributed by atoms with Gasteiger partial charge in [-0.3, -0.25) is 4.79 Å². The molecule has 5 rings (SSSR count). The van der Waals surface area contributed by atoms with E-state index in [0.717, 1.165) is 37.9 Å². The molecule has 5 heteroatoms. The van der Waals surface area contributed by atoms with Gasteiger partial charge in [0.15, 0.2) is 0 Å². The summed E-state index contributed by atoms with van der Waals surface area (Å²) in [6.45, 7) is 5.03. The molecule has 1 amide bonds. The van der Waals surface area contributed by atoms with Crippen molar-refractivity contribution < 1.29 is 14.3 Å². The summed E-state index contributed by atoms with van der Waals surface area (Å²) < 4.78 is 11.3. The molecule has 0 spiro atoms. The van der Waals surface area contributed by atoms with Crippen molar-refractivity contribution in [3.05, 3.63) is 18.2 Å². The maximum absolute atomic E-state index is 13.4. The number of benzene rings is 1. The van der Waals surface area contributed by atoms with Crippen LogP contribution in [-0.2, 0) is 4.79 Å². The SMILES string of the molecule is CCOc1ccc(OCC)c(NC(=O)C23C[C@H]4C[C@@H](CC(Cl)(C4)C2)C3)c1. The number of rotatable bonds is 6. The molecule has 4 aliphatic rings. The van der Waals surface area contributed by atoms with Crippen LogP contribution in [0.3, 0.4) is 0 Å². The van der Waals surface area contributed by atoms with Gasteiger partial charge in [0.1, 0.15) is 11.5 Å². The van der Waals surface area contributed by atoms with Crippen LogP contribution in [-0.4, -0.2) is 24.0 Å². The van der Waals surface area contributed by atoms with Crippen LogP contribution in [0.2, 0.25) is 0 Å². The Hall–Kier alpha value is -1.42. The zero-order chi connectivity index (χ0) is 18.4. The van der Waals surface area contributed by atoms with Gasteiger partial charge >= 0.3 is 0 Å². The molecule has 26 heavy (non-hydrogen) atoms. The number of carbonyl (C=O) groups is 1. The van der Waals surface area contributed by atoms with Crippen LogP contribution < -0.4 is 14.8 Å². The number of amides is 1. The van der Waals surface area contributed by atoms with Crippen molar-refractivity contribution in [2.24, 2.45) is 17.3 Å². The lowest BCUT2D eigenvalue weighted by molar-refractivity contribution is -0.138. The highest BCUT2D eigenvalue weighted by Crippen LogP contribution is 2.64. The first-order valence-electron chi connectivity index (χ1n) is 9.85. The summed E-state index contributed by atoms with van der Waals surface area (Å²) in [6.07, 6.45) is 6.13. The molecule has 142 valence electrons. The largest absolute Gasteiger partial charge is 0.494 e. The molecular weight excluding hydrogens is 350 g/mol. The zero-order valence-electron chi connectivity index (χ0n) is 15.6. The van der Waals surface area contributed by atoms with Gasteiger partial charge in [0, 0.05) is 10.9 Å². The summed E-state index contributed by atoms with van der Waals surface area (Å²) in [6, 6.07) is 5.61. The van der Waals surface area contributed by atoms with Crippen molar-refractivity contribution in [1.29, 1.82) is 0 Å². The first kappa shape index (κ1) is 18.0. The fourth-order valence-electron chi connectivity index (χ4n) is 5.82. The average Bonchev–Trinajstić information content (AvgIpc) is 2.55. The third-order valence-corrected chi connectivity index (χ3v) is 6.72. The van der Waals surface area contributed by atoms with Crippen LogP contribution in [0.25, 0.3) is 0 Å². The average molecular weight is 378 g/mol. The molecule has 4 saturated carbocycles. The van der Waals surface area contributed by atoms with Crippen molar-refractivity contribution >= 4 is 23.2 Å². The van der Waals surface area contributed by atoms with E-state index in [1.54, 1.807) is 0 Å². The Morgan fingerprint density at radius 1 is 1.15 bits per heavy atom. The maximum Gasteiger partial charge on any atom is 0.230 e. The molecule has 4 nitrogen and oxygen atoms in total. The summed E-state index contributed by atoms with van der Waals surface area (Å²) in [4.78, 5) is 13.2. The van der Waals surface area contributed by atoms with Crippen LogP contribution in [0.5, 0.6) is 11.5 Å². The molecule has 1 aromatic carbocycles. The lowest BCUT2D eigenvalue weighted by atomic mass is 9.49. The molecule has 0 heterocycles. The summed E-state index contributed by atoms with van der Waals surface area (Å²) in [5, 5.41) is 3.17. The van der Waals surface area contributed by atoms with Gasteiger partial charge in [0.05, 0.1) is 24.3 Å².